The van der Waals surface area contributed by atoms with E-state index in [1.54, 1.807) is 24.3 Å². The zero-order valence-corrected chi connectivity index (χ0v) is 17.6. The second kappa shape index (κ2) is 8.99. The predicted octanol–water partition coefficient (Wildman–Crippen LogP) is 3.84. The summed E-state index contributed by atoms with van der Waals surface area (Å²) in [5, 5.41) is 3.28. The Bertz CT molecular complexity index is 1370. The van der Waals surface area contributed by atoms with Gasteiger partial charge in [-0.1, -0.05) is 23.7 Å². The maximum atomic E-state index is 12.7. The number of hydrogen-bond donors (Lipinski definition) is 1. The van der Waals surface area contributed by atoms with Crippen LogP contribution < -0.4 is 10.9 Å². The first-order chi connectivity index (χ1) is 15.7. The van der Waals surface area contributed by atoms with E-state index in [4.69, 9.17) is 11.6 Å². The molecule has 0 bridgehead atoms. The van der Waals surface area contributed by atoms with E-state index in [0.29, 0.717) is 22.0 Å². The molecule has 11 heteroatoms. The van der Waals surface area contributed by atoms with Crippen LogP contribution in [0.2, 0.25) is 5.02 Å². The average Bonchev–Trinajstić information content (AvgIpc) is 2.79. The number of fused-ring (bicyclic) bond motifs is 1. The molecule has 0 radical (unpaired) electrons. The second-order valence-electron chi connectivity index (χ2n) is 7.09. The molecule has 7 nitrogen and oxygen atoms in total. The molecule has 2 heterocycles. The predicted molar refractivity (Wildman–Crippen MR) is 115 cm³/mol. The van der Waals surface area contributed by atoms with E-state index in [9.17, 15) is 22.8 Å². The molecule has 4 aromatic rings. The van der Waals surface area contributed by atoms with E-state index >= 15 is 0 Å². The zero-order chi connectivity index (χ0) is 23.6. The van der Waals surface area contributed by atoms with Crippen molar-refractivity contribution >= 4 is 28.5 Å². The van der Waals surface area contributed by atoms with Crippen LogP contribution in [-0.2, 0) is 24.1 Å². The van der Waals surface area contributed by atoms with Crippen molar-refractivity contribution in [3.05, 3.63) is 87.6 Å². The summed E-state index contributed by atoms with van der Waals surface area (Å²) in [4.78, 5) is 37.6. The molecule has 0 aliphatic heterocycles. The monoisotopic (exact) mass is 473 g/mol. The van der Waals surface area contributed by atoms with Crippen molar-refractivity contribution in [3.8, 4) is 11.4 Å². The number of hydrogen-bond acceptors (Lipinski definition) is 5. The van der Waals surface area contributed by atoms with Gasteiger partial charge in [-0.15, -0.1) is 0 Å². The number of nitrogens with one attached hydrogen (secondary N) is 1. The lowest BCUT2D eigenvalue weighted by Crippen LogP contribution is -2.32. The topological polar surface area (TPSA) is 89.8 Å². The summed E-state index contributed by atoms with van der Waals surface area (Å²) in [5.41, 5.74) is 0.111. The summed E-state index contributed by atoms with van der Waals surface area (Å²) in [7, 11) is 0. The van der Waals surface area contributed by atoms with Gasteiger partial charge in [-0.3, -0.25) is 14.2 Å². The molecule has 2 aromatic carbocycles. The fourth-order valence-electron chi connectivity index (χ4n) is 3.03. The van der Waals surface area contributed by atoms with E-state index in [0.717, 1.165) is 16.7 Å². The Morgan fingerprint density at radius 1 is 1.03 bits per heavy atom. The summed E-state index contributed by atoms with van der Waals surface area (Å²) >= 11 is 5.88. The molecule has 2 aromatic heterocycles. The number of aromatic nitrogens is 4. The number of carbonyl (C=O) groups is 1. The third-order valence-corrected chi connectivity index (χ3v) is 5.02. The number of halogens is 4. The number of nitrogens with zero attached hydrogens (tertiary/aromatic N) is 4. The minimum Gasteiger partial charge on any atom is -0.350 e. The summed E-state index contributed by atoms with van der Waals surface area (Å²) in [6.45, 7) is -0.304. The van der Waals surface area contributed by atoms with Crippen molar-refractivity contribution < 1.29 is 18.0 Å². The van der Waals surface area contributed by atoms with Gasteiger partial charge in [-0.2, -0.15) is 13.2 Å². The largest absolute Gasteiger partial charge is 0.416 e. The van der Waals surface area contributed by atoms with E-state index in [2.05, 4.69) is 20.3 Å². The lowest BCUT2D eigenvalue weighted by Gasteiger charge is -2.10. The smallest absolute Gasteiger partial charge is 0.350 e. The molecule has 0 saturated heterocycles. The molecule has 0 fully saturated rings. The Morgan fingerprint density at radius 2 is 1.73 bits per heavy atom. The van der Waals surface area contributed by atoms with Gasteiger partial charge in [-0.25, -0.2) is 15.0 Å². The Labute approximate surface area is 189 Å². The van der Waals surface area contributed by atoms with Gasteiger partial charge in [0.05, 0.1) is 5.56 Å². The Balaban J connectivity index is 1.45. The van der Waals surface area contributed by atoms with Crippen molar-refractivity contribution in [1.29, 1.82) is 0 Å². The normalized spacial score (nSPS) is 11.5. The summed E-state index contributed by atoms with van der Waals surface area (Å²) < 4.78 is 39.0. The van der Waals surface area contributed by atoms with Gasteiger partial charge in [0.25, 0.3) is 5.56 Å². The van der Waals surface area contributed by atoms with Crippen molar-refractivity contribution in [2.45, 2.75) is 19.3 Å². The van der Waals surface area contributed by atoms with Crippen LogP contribution in [0.3, 0.4) is 0 Å². The minimum absolute atomic E-state index is 0.0142. The van der Waals surface area contributed by atoms with Crippen molar-refractivity contribution in [2.75, 3.05) is 0 Å². The van der Waals surface area contributed by atoms with Crippen LogP contribution in [0.4, 0.5) is 13.2 Å². The Kier molecular flexibility index (Phi) is 6.10. The van der Waals surface area contributed by atoms with Crippen LogP contribution in [0.25, 0.3) is 22.4 Å². The van der Waals surface area contributed by atoms with E-state index in [-0.39, 0.29) is 24.1 Å². The molecule has 0 spiro atoms. The van der Waals surface area contributed by atoms with Crippen LogP contribution >= 0.6 is 11.6 Å². The summed E-state index contributed by atoms with van der Waals surface area (Å²) in [6, 6.07) is 11.3. The number of amides is 1. The number of rotatable bonds is 5. The lowest BCUT2D eigenvalue weighted by molar-refractivity contribution is -0.137. The lowest BCUT2D eigenvalue weighted by atomic mass is 10.1. The van der Waals surface area contributed by atoms with Gasteiger partial charge < -0.3 is 5.32 Å². The van der Waals surface area contributed by atoms with Crippen molar-refractivity contribution in [1.82, 2.24) is 24.8 Å². The fraction of sp³-hybridized carbons (Fsp3) is 0.136. The molecule has 0 unspecified atom stereocenters. The van der Waals surface area contributed by atoms with Crippen LogP contribution in [0, 0.1) is 0 Å². The second-order valence-corrected chi connectivity index (χ2v) is 7.52. The highest BCUT2D eigenvalue weighted by Crippen LogP contribution is 2.29. The number of carbonyl (C=O) groups excluding carboxylic acids is 1. The third kappa shape index (κ3) is 5.17. The molecule has 0 aliphatic carbocycles. The van der Waals surface area contributed by atoms with E-state index in [1.807, 2.05) is 0 Å². The molecule has 1 N–H and O–H groups in total. The van der Waals surface area contributed by atoms with E-state index < -0.39 is 23.2 Å². The average molecular weight is 474 g/mol. The first-order valence-electron chi connectivity index (χ1n) is 9.62. The standard InChI is InChI=1S/C22H15ClF3N5O2/c23-16-7-3-14(4-8-16)19-28-10-17-20(30-19)29-12-31(21(17)33)11-18(32)27-9-13-1-5-15(6-2-13)22(24,25)26/h1-8,10,12H,9,11H2,(H,27,32). The Hall–Kier alpha value is -3.79. The third-order valence-electron chi connectivity index (χ3n) is 4.77. The molecule has 1 amide bonds. The molecular formula is C22H15ClF3N5O2. The summed E-state index contributed by atoms with van der Waals surface area (Å²) in [6.07, 6.45) is -1.87. The van der Waals surface area contributed by atoms with Gasteiger partial charge in [0.15, 0.2) is 11.5 Å². The van der Waals surface area contributed by atoms with Crippen LogP contribution in [0.1, 0.15) is 11.1 Å². The van der Waals surface area contributed by atoms with Gasteiger partial charge in [0, 0.05) is 23.3 Å². The van der Waals surface area contributed by atoms with Crippen LogP contribution in [-0.4, -0.2) is 25.4 Å². The number of benzene rings is 2. The van der Waals surface area contributed by atoms with Gasteiger partial charge in [-0.05, 0) is 42.0 Å². The molecular weight excluding hydrogens is 459 g/mol. The highest BCUT2D eigenvalue weighted by Gasteiger charge is 2.29. The van der Waals surface area contributed by atoms with Gasteiger partial charge >= 0.3 is 6.18 Å². The highest BCUT2D eigenvalue weighted by molar-refractivity contribution is 6.30. The summed E-state index contributed by atoms with van der Waals surface area (Å²) in [5.74, 6) is -0.130. The van der Waals surface area contributed by atoms with Crippen LogP contribution in [0.15, 0.2) is 65.8 Å². The number of alkyl halides is 3. The zero-order valence-electron chi connectivity index (χ0n) is 16.8. The van der Waals surface area contributed by atoms with Crippen molar-refractivity contribution in [2.24, 2.45) is 0 Å². The van der Waals surface area contributed by atoms with Gasteiger partial charge in [0.1, 0.15) is 18.3 Å². The Morgan fingerprint density at radius 3 is 2.39 bits per heavy atom. The maximum absolute atomic E-state index is 12.7. The molecule has 0 atom stereocenters. The first kappa shape index (κ1) is 22.4. The first-order valence-corrected chi connectivity index (χ1v) is 9.99. The minimum atomic E-state index is -4.43. The van der Waals surface area contributed by atoms with Gasteiger partial charge in [0.2, 0.25) is 5.91 Å². The molecule has 0 saturated carbocycles. The fourth-order valence-corrected chi connectivity index (χ4v) is 3.15. The molecule has 0 aliphatic rings. The van der Waals surface area contributed by atoms with E-state index in [1.165, 1.54) is 24.7 Å². The highest BCUT2D eigenvalue weighted by atomic mass is 35.5. The molecule has 4 rings (SSSR count). The SMILES string of the molecule is O=C(Cn1cnc2nc(-c3ccc(Cl)cc3)ncc2c1=O)NCc1ccc(C(F)(F)F)cc1. The quantitative estimate of drug-likeness (QED) is 0.475. The maximum Gasteiger partial charge on any atom is 0.416 e. The molecule has 168 valence electrons. The van der Waals surface area contributed by atoms with Crippen molar-refractivity contribution in [3.63, 3.8) is 0 Å². The molecule has 33 heavy (non-hydrogen) atoms. The van der Waals surface area contributed by atoms with Crippen LogP contribution in [0.5, 0.6) is 0 Å².